The lowest BCUT2D eigenvalue weighted by Gasteiger charge is -2.44. The van der Waals surface area contributed by atoms with Crippen molar-refractivity contribution in [3.8, 4) is 0 Å². The smallest absolute Gasteiger partial charge is 0.407 e. The number of nitrogens with two attached hydrogens (primary N) is 1. The maximum Gasteiger partial charge on any atom is 0.407 e. The summed E-state index contributed by atoms with van der Waals surface area (Å²) in [7, 11) is 0. The molecule has 0 aromatic heterocycles. The minimum absolute atomic E-state index is 0.0362. The highest BCUT2D eigenvalue weighted by molar-refractivity contribution is 5.78. The third-order valence-electron chi connectivity index (χ3n) is 19.6. The van der Waals surface area contributed by atoms with Crippen molar-refractivity contribution in [3.63, 3.8) is 0 Å². The molecule has 9 amide bonds. The number of esters is 8. The van der Waals surface area contributed by atoms with Gasteiger partial charge in [0.2, 0.25) is 35.4 Å². The van der Waals surface area contributed by atoms with Gasteiger partial charge in [-0.05, 0) is 96.3 Å². The number of carbonyl (C=O) groups is 17. The molecular weight excluding hydrogens is 1680 g/mol. The van der Waals surface area contributed by atoms with Crippen molar-refractivity contribution in [1.82, 2.24) is 47.9 Å². The highest BCUT2D eigenvalue weighted by Crippen LogP contribution is 2.32. The van der Waals surface area contributed by atoms with E-state index in [1.807, 2.05) is 0 Å². The monoisotopic (exact) mass is 1820 g/mol. The number of nitrogens with one attached hydrogen (secondary N) is 9. The Bertz CT molecular complexity index is 3280. The molecule has 0 spiro atoms. The van der Waals surface area contributed by atoms with E-state index in [2.05, 4.69) is 47.9 Å². The van der Waals surface area contributed by atoms with Crippen LogP contribution in [0.25, 0.3) is 0 Å². The summed E-state index contributed by atoms with van der Waals surface area (Å²) in [6, 6.07) is -3.14. The molecule has 0 aromatic rings. The van der Waals surface area contributed by atoms with E-state index in [9.17, 15) is 81.5 Å². The van der Waals surface area contributed by atoms with Crippen molar-refractivity contribution in [2.45, 2.75) is 328 Å². The lowest BCUT2D eigenvalue weighted by atomic mass is 9.85. The Hall–Kier alpha value is -9.89. The zero-order chi connectivity index (χ0) is 94.1. The van der Waals surface area contributed by atoms with Gasteiger partial charge < -0.3 is 134 Å². The molecule has 0 aromatic carbocycles. The Balaban J connectivity index is 1.41. The number of hydrogen-bond donors (Lipinski definition) is 10. The minimum atomic E-state index is -1.29. The summed E-state index contributed by atoms with van der Waals surface area (Å²) in [6.45, 7) is 14.6. The van der Waals surface area contributed by atoms with Gasteiger partial charge in [0.15, 0.2) is 43.3 Å². The first-order valence-electron chi connectivity index (χ1n) is 43.6. The fourth-order valence-corrected chi connectivity index (χ4v) is 13.9. The predicted molar refractivity (Wildman–Crippen MR) is 444 cm³/mol. The van der Waals surface area contributed by atoms with E-state index in [0.29, 0.717) is 123 Å². The Morgan fingerprint density at radius 2 is 0.583 bits per heavy atom. The molecule has 3 heterocycles. The normalized spacial score (nSPS) is 21.6. The van der Waals surface area contributed by atoms with E-state index in [1.54, 1.807) is 0 Å². The van der Waals surface area contributed by atoms with Gasteiger partial charge in [0.05, 0.1) is 45.7 Å². The van der Waals surface area contributed by atoms with Crippen molar-refractivity contribution >= 4 is 101 Å². The third kappa shape index (κ3) is 51.6. The number of carbonyl (C=O) groups excluding carboxylic acids is 17. The number of amides is 9. The predicted octanol–water partition coefficient (Wildman–Crippen LogP) is 3.05. The van der Waals surface area contributed by atoms with E-state index < -0.39 is 188 Å². The van der Waals surface area contributed by atoms with E-state index in [0.717, 1.165) is 66.2 Å². The van der Waals surface area contributed by atoms with Crippen LogP contribution in [-0.4, -0.2) is 292 Å². The number of alkyl carbamates (subject to hydrolysis) is 3. The van der Waals surface area contributed by atoms with E-state index in [-0.39, 0.29) is 102 Å². The van der Waals surface area contributed by atoms with Crippen LogP contribution in [0.4, 0.5) is 14.4 Å². The molecule has 3 aliphatic heterocycles. The zero-order valence-corrected chi connectivity index (χ0v) is 75.3. The fourth-order valence-electron chi connectivity index (χ4n) is 13.9. The van der Waals surface area contributed by atoms with Gasteiger partial charge >= 0.3 is 66.0 Å². The van der Waals surface area contributed by atoms with Gasteiger partial charge in [-0.2, -0.15) is 0 Å². The van der Waals surface area contributed by atoms with Crippen molar-refractivity contribution in [3.05, 3.63) is 0 Å². The molecule has 127 heavy (non-hydrogen) atoms. The zero-order valence-electron chi connectivity index (χ0n) is 75.3. The molecule has 3 saturated heterocycles. The Labute approximate surface area is 741 Å². The molecule has 44 heteroatoms. The lowest BCUT2D eigenvalue weighted by Crippen LogP contribution is -2.66. The van der Waals surface area contributed by atoms with Crippen LogP contribution in [0.2, 0.25) is 0 Å². The van der Waals surface area contributed by atoms with Gasteiger partial charge in [0, 0.05) is 147 Å². The highest BCUT2D eigenvalue weighted by atomic mass is 16.7. The number of rotatable bonds is 62. The van der Waals surface area contributed by atoms with Crippen molar-refractivity contribution in [1.29, 1.82) is 0 Å². The fraction of sp³-hybridized carbons (Fsp3) is 0.795. The standard InChI is InChI=1S/C83H138N10O34/c1-52(94)91-70-64(120-58(7)100)48-63(49-117-55(4)97)125-77(70)111-42-24-30-67(105)85-36-18-12-15-21-39-88-80(108)114-45-27-33-83(84,34-28-46-115-81(109)89-40-22-16-13-19-37-86-68(106)31-25-43-112-78-71(92-53(2)95)75(123-61(10)103)73(121-59(8)101)65(126-78)50-118-56(5)98)35-29-47-116-82(110)90-41-23-17-14-20-38-87-69(107)32-26-44-113-79-72(93-54(3)96)76(124-62(11)104)74(122-60(9)102)66(127-79)51-119-57(6)99/h63-66,70-79H,12-51,84H2,1-11H3,(H,85,105)(H,86,106)(H,87,107)(H,88,108)(H,89,109)(H,90,110)(H,91,94)(H,92,95)(H,93,96). The van der Waals surface area contributed by atoms with Crippen molar-refractivity contribution in [2.75, 3.05) is 98.7 Å². The lowest BCUT2D eigenvalue weighted by molar-refractivity contribution is -0.277. The van der Waals surface area contributed by atoms with Crippen LogP contribution in [-0.2, 0) is 148 Å². The molecule has 3 aliphatic rings. The second kappa shape index (κ2) is 63.9. The van der Waals surface area contributed by atoms with Crippen LogP contribution in [0.1, 0.15) is 237 Å². The second-order valence-corrected chi connectivity index (χ2v) is 31.1. The summed E-state index contributed by atoms with van der Waals surface area (Å²) in [6.07, 6.45) is -2.30. The van der Waals surface area contributed by atoms with Crippen LogP contribution in [0.5, 0.6) is 0 Å². The first-order valence-corrected chi connectivity index (χ1v) is 43.6. The molecule has 0 saturated carbocycles. The van der Waals surface area contributed by atoms with Gasteiger partial charge in [0.1, 0.15) is 56.3 Å². The van der Waals surface area contributed by atoms with Gasteiger partial charge in [-0.1, -0.05) is 38.5 Å². The van der Waals surface area contributed by atoms with Crippen LogP contribution in [0, 0.1) is 0 Å². The number of hydrogen-bond acceptors (Lipinski definition) is 35. The summed E-state index contributed by atoms with van der Waals surface area (Å²) in [5, 5.41) is 24.8. The van der Waals surface area contributed by atoms with E-state index in [4.69, 9.17) is 86.3 Å². The molecule has 724 valence electrons. The maximum absolute atomic E-state index is 12.7. The van der Waals surface area contributed by atoms with Crippen molar-refractivity contribution in [2.24, 2.45) is 5.73 Å². The average molecular weight is 1820 g/mol. The molecule has 0 bridgehead atoms. The SMILES string of the molecule is CC(=O)NC1C(OC(C)=O)CC(COC(C)=O)OC1OCCCC(=O)NCCCCCCNC(=O)OCCCC(N)(CCCOC(=O)NCCCCCCNC(=O)CCCOC1OC(COC(C)=O)C(OC(C)=O)C(OC(C)=O)C1NC(C)=O)CCCOC(=O)NCCCCCCNC(=O)CCCOC1OC(COC(C)=O)C(OC(C)=O)C(OC(C)=O)C1NC(C)=O. The molecule has 14 unspecified atom stereocenters. The van der Waals surface area contributed by atoms with Gasteiger partial charge in [-0.15, -0.1) is 0 Å². The van der Waals surface area contributed by atoms with Crippen LogP contribution in [0.3, 0.4) is 0 Å². The Morgan fingerprint density at radius 1 is 0.299 bits per heavy atom. The molecule has 11 N–H and O–H groups in total. The molecule has 0 aliphatic carbocycles. The first kappa shape index (κ1) is 111. The summed E-state index contributed by atoms with van der Waals surface area (Å²) < 4.78 is 94.7. The summed E-state index contributed by atoms with van der Waals surface area (Å²) in [5.74, 6) is -7.57. The number of ether oxygens (including phenoxy) is 17. The molecule has 0 radical (unpaired) electrons. The van der Waals surface area contributed by atoms with E-state index >= 15 is 0 Å². The summed E-state index contributed by atoms with van der Waals surface area (Å²) in [4.78, 5) is 208. The molecule has 3 rings (SSSR count). The molecule has 14 atom stereocenters. The summed E-state index contributed by atoms with van der Waals surface area (Å²) in [5.41, 5.74) is 6.16. The van der Waals surface area contributed by atoms with Crippen LogP contribution < -0.4 is 53.6 Å². The van der Waals surface area contributed by atoms with Crippen molar-refractivity contribution < 1.29 is 162 Å². The third-order valence-corrected chi connectivity index (χ3v) is 19.6. The number of unbranched alkanes of at least 4 members (excludes halogenated alkanes) is 9. The van der Waals surface area contributed by atoms with Crippen LogP contribution >= 0.6 is 0 Å². The molecular formula is C83H138N10O34. The summed E-state index contributed by atoms with van der Waals surface area (Å²) >= 11 is 0. The quantitative estimate of drug-likeness (QED) is 0.0238. The maximum atomic E-state index is 12.7. The second-order valence-electron chi connectivity index (χ2n) is 31.1. The molecule has 44 nitrogen and oxygen atoms in total. The largest absolute Gasteiger partial charge is 0.463 e. The average Bonchev–Trinajstić information content (AvgIpc) is 0.792. The minimum Gasteiger partial charge on any atom is -0.463 e. The van der Waals surface area contributed by atoms with E-state index in [1.165, 1.54) is 48.5 Å². The first-order chi connectivity index (χ1) is 60.4. The van der Waals surface area contributed by atoms with Gasteiger partial charge in [-0.3, -0.25) is 67.1 Å². The van der Waals surface area contributed by atoms with Crippen LogP contribution in [0.15, 0.2) is 0 Å². The highest BCUT2D eigenvalue weighted by Gasteiger charge is 2.53. The Morgan fingerprint density at radius 3 is 0.882 bits per heavy atom. The van der Waals surface area contributed by atoms with Gasteiger partial charge in [-0.25, -0.2) is 14.4 Å². The topological polar surface area (TPSA) is 581 Å². The van der Waals surface area contributed by atoms with Gasteiger partial charge in [0.25, 0.3) is 0 Å². The molecule has 3 fully saturated rings. The Kier molecular flexibility index (Phi) is 56.0.